The topological polar surface area (TPSA) is 12.9 Å². The Morgan fingerprint density at radius 1 is 1.12 bits per heavy atom. The van der Waals surface area contributed by atoms with E-state index >= 15 is 0 Å². The summed E-state index contributed by atoms with van der Waals surface area (Å²) in [4.78, 5) is 3.43. The van der Waals surface area contributed by atoms with Crippen LogP contribution in [0.5, 0.6) is 0 Å². The molecule has 0 bridgehead atoms. The average molecular weight is 239 g/mol. The van der Waals surface area contributed by atoms with Gasteiger partial charge in [0, 0.05) is 11.6 Å². The summed E-state index contributed by atoms with van der Waals surface area (Å²) in [7, 11) is 0. The minimum absolute atomic E-state index is 0.157. The molecule has 0 saturated heterocycles. The van der Waals surface area contributed by atoms with Crippen LogP contribution in [0, 0.1) is 0 Å². The molecule has 0 saturated carbocycles. The Bertz CT molecular complexity index is 544. The van der Waals surface area contributed by atoms with E-state index in [0.717, 1.165) is 5.56 Å². The minimum atomic E-state index is -4.40. The van der Waals surface area contributed by atoms with Crippen LogP contribution in [0.4, 0.5) is 13.2 Å². The van der Waals surface area contributed by atoms with Crippen molar-refractivity contribution in [3.63, 3.8) is 0 Å². The first-order chi connectivity index (χ1) is 7.89. The molecule has 0 aliphatic carbocycles. The quantitative estimate of drug-likeness (QED) is 0.719. The van der Waals surface area contributed by atoms with Gasteiger partial charge in [-0.3, -0.25) is 4.98 Å². The van der Waals surface area contributed by atoms with Crippen LogP contribution in [0.25, 0.3) is 10.8 Å². The Morgan fingerprint density at radius 3 is 2.41 bits per heavy atom. The maximum atomic E-state index is 12.7. The summed E-state index contributed by atoms with van der Waals surface area (Å²) in [6.45, 7) is 4.01. The van der Waals surface area contributed by atoms with Crippen molar-refractivity contribution in [2.24, 2.45) is 0 Å². The van der Waals surface area contributed by atoms with E-state index in [4.69, 9.17) is 0 Å². The van der Waals surface area contributed by atoms with Crippen molar-refractivity contribution < 1.29 is 13.2 Å². The molecule has 90 valence electrons. The van der Waals surface area contributed by atoms with E-state index in [-0.39, 0.29) is 5.39 Å². The number of fused-ring (bicyclic) bond motifs is 1. The summed E-state index contributed by atoms with van der Waals surface area (Å²) in [6.07, 6.45) is -3.20. The predicted molar refractivity (Wildman–Crippen MR) is 60.8 cm³/mol. The van der Waals surface area contributed by atoms with Gasteiger partial charge >= 0.3 is 6.18 Å². The van der Waals surface area contributed by atoms with Gasteiger partial charge in [0.15, 0.2) is 5.69 Å². The van der Waals surface area contributed by atoms with Gasteiger partial charge in [-0.05, 0) is 22.9 Å². The van der Waals surface area contributed by atoms with E-state index in [2.05, 4.69) is 4.98 Å². The van der Waals surface area contributed by atoms with Crippen molar-refractivity contribution in [3.05, 3.63) is 41.7 Å². The average Bonchev–Trinajstić information content (AvgIpc) is 2.26. The fraction of sp³-hybridized carbons (Fsp3) is 0.308. The number of alkyl halides is 3. The third-order valence-corrected chi connectivity index (χ3v) is 2.72. The van der Waals surface area contributed by atoms with Gasteiger partial charge in [-0.15, -0.1) is 0 Å². The van der Waals surface area contributed by atoms with Crippen molar-refractivity contribution in [2.75, 3.05) is 0 Å². The van der Waals surface area contributed by atoms with Gasteiger partial charge in [-0.1, -0.05) is 32.0 Å². The normalized spacial score (nSPS) is 12.4. The highest BCUT2D eigenvalue weighted by Gasteiger charge is 2.34. The highest BCUT2D eigenvalue weighted by atomic mass is 19.4. The van der Waals surface area contributed by atoms with Crippen LogP contribution >= 0.6 is 0 Å². The molecule has 1 nitrogen and oxygen atoms in total. The maximum absolute atomic E-state index is 12.7. The maximum Gasteiger partial charge on any atom is 0.433 e. The lowest BCUT2D eigenvalue weighted by Crippen LogP contribution is -2.08. The SMILES string of the molecule is CC(C)c1ccc2c(C(F)(F)F)nccc2c1. The molecule has 4 heteroatoms. The van der Waals surface area contributed by atoms with E-state index in [1.807, 2.05) is 13.8 Å². The molecule has 0 aliphatic rings. The van der Waals surface area contributed by atoms with E-state index in [1.165, 1.54) is 12.3 Å². The van der Waals surface area contributed by atoms with Gasteiger partial charge in [0.1, 0.15) is 0 Å². The molecule has 0 aliphatic heterocycles. The zero-order chi connectivity index (χ0) is 12.6. The van der Waals surface area contributed by atoms with Crippen molar-refractivity contribution >= 4 is 10.8 Å². The molecule has 0 atom stereocenters. The summed E-state index contributed by atoms with van der Waals surface area (Å²) in [5, 5.41) is 0.739. The summed E-state index contributed by atoms with van der Waals surface area (Å²) in [5.41, 5.74) is 0.210. The second kappa shape index (κ2) is 4.02. The Balaban J connectivity index is 2.67. The molecule has 1 aromatic heterocycles. The molecule has 0 unspecified atom stereocenters. The second-order valence-corrected chi connectivity index (χ2v) is 4.29. The number of benzene rings is 1. The number of hydrogen-bond acceptors (Lipinski definition) is 1. The second-order valence-electron chi connectivity index (χ2n) is 4.29. The molecule has 0 amide bonds. The fourth-order valence-corrected chi connectivity index (χ4v) is 1.78. The van der Waals surface area contributed by atoms with Crippen LogP contribution in [0.1, 0.15) is 31.0 Å². The monoisotopic (exact) mass is 239 g/mol. The molecule has 17 heavy (non-hydrogen) atoms. The molecule has 2 aromatic rings. The first-order valence-electron chi connectivity index (χ1n) is 5.35. The van der Waals surface area contributed by atoms with Crippen molar-refractivity contribution in [1.82, 2.24) is 4.98 Å². The number of nitrogens with zero attached hydrogens (tertiary/aromatic N) is 1. The van der Waals surface area contributed by atoms with Crippen LogP contribution in [-0.4, -0.2) is 4.98 Å². The highest BCUT2D eigenvalue weighted by Crippen LogP contribution is 2.33. The van der Waals surface area contributed by atoms with Crippen molar-refractivity contribution in [3.8, 4) is 0 Å². The lowest BCUT2D eigenvalue weighted by molar-refractivity contribution is -0.139. The van der Waals surface area contributed by atoms with Crippen molar-refractivity contribution in [2.45, 2.75) is 25.9 Å². The van der Waals surface area contributed by atoms with Crippen LogP contribution in [0.3, 0.4) is 0 Å². The van der Waals surface area contributed by atoms with Crippen LogP contribution in [0.2, 0.25) is 0 Å². The number of halogens is 3. The first-order valence-corrected chi connectivity index (χ1v) is 5.35. The lowest BCUT2D eigenvalue weighted by Gasteiger charge is -2.11. The Labute approximate surface area is 97.3 Å². The van der Waals surface area contributed by atoms with Gasteiger partial charge in [0.25, 0.3) is 0 Å². The minimum Gasteiger partial charge on any atom is -0.251 e. The van der Waals surface area contributed by atoms with Crippen LogP contribution in [0.15, 0.2) is 30.5 Å². The van der Waals surface area contributed by atoms with Gasteiger partial charge in [0.05, 0.1) is 0 Å². The molecule has 2 rings (SSSR count). The number of rotatable bonds is 1. The smallest absolute Gasteiger partial charge is 0.251 e. The van der Waals surface area contributed by atoms with Gasteiger partial charge in [0.2, 0.25) is 0 Å². The summed E-state index contributed by atoms with van der Waals surface area (Å²) in [5.74, 6) is 0.293. The Morgan fingerprint density at radius 2 is 1.82 bits per heavy atom. The van der Waals surface area contributed by atoms with E-state index in [0.29, 0.717) is 11.3 Å². The number of aromatic nitrogens is 1. The molecule has 0 N–H and O–H groups in total. The van der Waals surface area contributed by atoms with Crippen LogP contribution < -0.4 is 0 Å². The Kier molecular flexibility index (Phi) is 2.81. The van der Waals surface area contributed by atoms with E-state index in [9.17, 15) is 13.2 Å². The molecule has 1 heterocycles. The van der Waals surface area contributed by atoms with Crippen molar-refractivity contribution in [1.29, 1.82) is 0 Å². The zero-order valence-electron chi connectivity index (χ0n) is 9.55. The lowest BCUT2D eigenvalue weighted by atomic mass is 9.99. The standard InChI is InChI=1S/C13H12F3N/c1-8(2)9-3-4-11-10(7-9)5-6-17-12(11)13(14,15)16/h3-8H,1-2H3. The number of hydrogen-bond donors (Lipinski definition) is 0. The largest absolute Gasteiger partial charge is 0.433 e. The molecule has 0 spiro atoms. The van der Waals surface area contributed by atoms with E-state index in [1.54, 1.807) is 18.2 Å². The zero-order valence-corrected chi connectivity index (χ0v) is 9.55. The van der Waals surface area contributed by atoms with Crippen LogP contribution in [-0.2, 0) is 6.18 Å². The molecule has 0 fully saturated rings. The highest BCUT2D eigenvalue weighted by molar-refractivity contribution is 5.85. The molecule has 1 aromatic carbocycles. The molecular weight excluding hydrogens is 227 g/mol. The summed E-state index contributed by atoms with van der Waals surface area (Å²) < 4.78 is 38.1. The predicted octanol–water partition coefficient (Wildman–Crippen LogP) is 4.38. The fourth-order valence-electron chi connectivity index (χ4n) is 1.78. The van der Waals surface area contributed by atoms with Gasteiger partial charge in [-0.25, -0.2) is 0 Å². The van der Waals surface area contributed by atoms with Gasteiger partial charge < -0.3 is 0 Å². The first kappa shape index (κ1) is 11.9. The number of pyridine rings is 1. The summed E-state index contributed by atoms with van der Waals surface area (Å²) in [6, 6.07) is 6.62. The Hall–Kier alpha value is -1.58. The third-order valence-electron chi connectivity index (χ3n) is 2.72. The van der Waals surface area contributed by atoms with Gasteiger partial charge in [-0.2, -0.15) is 13.2 Å². The molecular formula is C13H12F3N. The molecule has 0 radical (unpaired) electrons. The summed E-state index contributed by atoms with van der Waals surface area (Å²) >= 11 is 0. The third kappa shape index (κ3) is 2.25. The van der Waals surface area contributed by atoms with E-state index < -0.39 is 11.9 Å².